The molecule has 0 N–H and O–H groups in total. The molecule has 1 aromatic rings. The molecule has 110 valence electrons. The highest BCUT2D eigenvalue weighted by molar-refractivity contribution is 9.10. The molecule has 0 bridgehead atoms. The van der Waals surface area contributed by atoms with E-state index in [0.29, 0.717) is 11.1 Å². The second-order valence-corrected chi connectivity index (χ2v) is 4.24. The molecule has 0 saturated carbocycles. The van der Waals surface area contributed by atoms with Crippen molar-refractivity contribution in [2.45, 2.75) is 13.8 Å². The van der Waals surface area contributed by atoms with Crippen LogP contribution >= 0.6 is 15.9 Å². The van der Waals surface area contributed by atoms with Crippen LogP contribution in [0.3, 0.4) is 0 Å². The number of aromatic nitrogens is 1. The van der Waals surface area contributed by atoms with Gasteiger partial charge in [-0.25, -0.2) is 4.79 Å². The zero-order valence-corrected chi connectivity index (χ0v) is 12.5. The minimum atomic E-state index is -0.659. The van der Waals surface area contributed by atoms with Gasteiger partial charge in [-0.2, -0.15) is 4.98 Å². The molecule has 1 rings (SSSR count). The van der Waals surface area contributed by atoms with Gasteiger partial charge in [0.25, 0.3) is 5.88 Å². The average molecular weight is 349 g/mol. The van der Waals surface area contributed by atoms with Gasteiger partial charge in [-0.05, 0) is 29.8 Å². The van der Waals surface area contributed by atoms with Crippen molar-refractivity contribution in [2.24, 2.45) is 0 Å². The molecule has 0 aliphatic carbocycles. The molecule has 0 unspecified atom stereocenters. The third kappa shape index (κ3) is 4.34. The number of nitro groups is 1. The van der Waals surface area contributed by atoms with Gasteiger partial charge in [-0.1, -0.05) is 0 Å². The fourth-order valence-electron chi connectivity index (χ4n) is 1.25. The summed E-state index contributed by atoms with van der Waals surface area (Å²) in [7, 11) is 0. The lowest BCUT2D eigenvalue weighted by Gasteiger charge is -2.09. The Bertz CT molecular complexity index is 508. The Hall–Kier alpha value is -1.90. The molecule has 9 heteroatoms. The summed E-state index contributed by atoms with van der Waals surface area (Å²) in [6.45, 7) is 3.46. The first-order valence-corrected chi connectivity index (χ1v) is 6.55. The first-order valence-electron chi connectivity index (χ1n) is 5.75. The van der Waals surface area contributed by atoms with Crippen LogP contribution in [0.5, 0.6) is 11.8 Å². The molecule has 20 heavy (non-hydrogen) atoms. The quantitative estimate of drug-likeness (QED) is 0.422. The molecule has 0 atom stereocenters. The van der Waals surface area contributed by atoms with Crippen molar-refractivity contribution < 1.29 is 23.9 Å². The maximum absolute atomic E-state index is 11.2. The number of rotatable bonds is 7. The van der Waals surface area contributed by atoms with Crippen LogP contribution in [0.4, 0.5) is 5.69 Å². The van der Waals surface area contributed by atoms with E-state index in [4.69, 9.17) is 9.47 Å². The fourth-order valence-corrected chi connectivity index (χ4v) is 1.67. The van der Waals surface area contributed by atoms with Gasteiger partial charge >= 0.3 is 11.7 Å². The SMILES string of the molecule is CCOC(=O)COc1nc(OCC)c(Br)cc1[N+](=O)[O-]. The zero-order valence-electron chi connectivity index (χ0n) is 10.9. The Morgan fingerprint density at radius 2 is 2.05 bits per heavy atom. The molecule has 0 aliphatic rings. The maximum Gasteiger partial charge on any atom is 0.344 e. The van der Waals surface area contributed by atoms with E-state index in [0.717, 1.165) is 0 Å². The monoisotopic (exact) mass is 348 g/mol. The Kier molecular flexibility index (Phi) is 6.16. The third-order valence-electron chi connectivity index (χ3n) is 2.00. The van der Waals surface area contributed by atoms with Crippen LogP contribution in [0.2, 0.25) is 0 Å². The molecule has 0 spiro atoms. The predicted octanol–water partition coefficient (Wildman–Crippen LogP) is 2.09. The molecule has 1 aromatic heterocycles. The van der Waals surface area contributed by atoms with Crippen LogP contribution < -0.4 is 9.47 Å². The first kappa shape index (κ1) is 16.2. The van der Waals surface area contributed by atoms with Crippen molar-refractivity contribution >= 4 is 27.6 Å². The lowest BCUT2D eigenvalue weighted by molar-refractivity contribution is -0.386. The number of carbonyl (C=O) groups excluding carboxylic acids is 1. The van der Waals surface area contributed by atoms with Gasteiger partial charge in [0.1, 0.15) is 0 Å². The molecule has 0 saturated heterocycles. The van der Waals surface area contributed by atoms with Crippen molar-refractivity contribution in [3.05, 3.63) is 20.7 Å². The Balaban J connectivity index is 2.98. The number of ether oxygens (including phenoxy) is 3. The predicted molar refractivity (Wildman–Crippen MR) is 71.9 cm³/mol. The lowest BCUT2D eigenvalue weighted by atomic mass is 10.4. The lowest BCUT2D eigenvalue weighted by Crippen LogP contribution is -2.16. The Morgan fingerprint density at radius 3 is 2.60 bits per heavy atom. The topological polar surface area (TPSA) is 101 Å². The van der Waals surface area contributed by atoms with E-state index in [-0.39, 0.29) is 24.1 Å². The summed E-state index contributed by atoms with van der Waals surface area (Å²) < 4.78 is 15.2. The summed E-state index contributed by atoms with van der Waals surface area (Å²) in [5, 5.41) is 10.9. The Morgan fingerprint density at radius 1 is 1.35 bits per heavy atom. The van der Waals surface area contributed by atoms with Crippen LogP contribution in [-0.4, -0.2) is 35.7 Å². The molecule has 0 radical (unpaired) electrons. The van der Waals surface area contributed by atoms with Gasteiger partial charge < -0.3 is 14.2 Å². The summed E-state index contributed by atoms with van der Waals surface area (Å²) in [5.74, 6) is -0.781. The molecule has 0 aliphatic heterocycles. The number of nitrogens with zero attached hydrogens (tertiary/aromatic N) is 2. The molecular weight excluding hydrogens is 336 g/mol. The highest BCUT2D eigenvalue weighted by atomic mass is 79.9. The van der Waals surface area contributed by atoms with E-state index in [1.54, 1.807) is 13.8 Å². The number of carbonyl (C=O) groups is 1. The van der Waals surface area contributed by atoms with Crippen molar-refractivity contribution in [3.63, 3.8) is 0 Å². The second-order valence-electron chi connectivity index (χ2n) is 3.38. The first-order chi connectivity index (χ1) is 9.49. The third-order valence-corrected chi connectivity index (χ3v) is 2.57. The van der Waals surface area contributed by atoms with Gasteiger partial charge in [0, 0.05) is 6.07 Å². The molecule has 0 fully saturated rings. The summed E-state index contributed by atoms with van der Waals surface area (Å²) in [6.07, 6.45) is 0. The van der Waals surface area contributed by atoms with E-state index >= 15 is 0 Å². The van der Waals surface area contributed by atoms with Gasteiger partial charge in [-0.3, -0.25) is 10.1 Å². The number of hydrogen-bond acceptors (Lipinski definition) is 7. The minimum absolute atomic E-state index is 0.150. The van der Waals surface area contributed by atoms with E-state index < -0.39 is 17.5 Å². The molecular formula is C11H13BrN2O6. The number of hydrogen-bond donors (Lipinski definition) is 0. The van der Waals surface area contributed by atoms with Crippen molar-refractivity contribution in [2.75, 3.05) is 19.8 Å². The van der Waals surface area contributed by atoms with Crippen LogP contribution in [0.1, 0.15) is 13.8 Å². The zero-order chi connectivity index (χ0) is 15.1. The molecule has 1 heterocycles. The van der Waals surface area contributed by atoms with E-state index in [1.165, 1.54) is 6.07 Å². The summed E-state index contributed by atoms with van der Waals surface area (Å²) in [4.78, 5) is 25.3. The average Bonchev–Trinajstić information content (AvgIpc) is 2.39. The van der Waals surface area contributed by atoms with Gasteiger partial charge in [0.15, 0.2) is 6.61 Å². The number of pyridine rings is 1. The van der Waals surface area contributed by atoms with Gasteiger partial charge in [0.05, 0.1) is 22.6 Å². The van der Waals surface area contributed by atoms with Crippen molar-refractivity contribution in [1.82, 2.24) is 4.98 Å². The van der Waals surface area contributed by atoms with Crippen molar-refractivity contribution in [3.8, 4) is 11.8 Å². The minimum Gasteiger partial charge on any atom is -0.477 e. The van der Waals surface area contributed by atoms with Crippen LogP contribution in [-0.2, 0) is 9.53 Å². The van der Waals surface area contributed by atoms with Gasteiger partial charge in [-0.15, -0.1) is 0 Å². The van der Waals surface area contributed by atoms with Crippen LogP contribution in [0.25, 0.3) is 0 Å². The molecule has 0 aromatic carbocycles. The molecule has 8 nitrogen and oxygen atoms in total. The number of esters is 1. The highest BCUT2D eigenvalue weighted by Crippen LogP contribution is 2.34. The van der Waals surface area contributed by atoms with E-state index in [2.05, 4.69) is 25.7 Å². The largest absolute Gasteiger partial charge is 0.477 e. The Labute approximate surface area is 123 Å². The van der Waals surface area contributed by atoms with Gasteiger partial charge in [0.2, 0.25) is 5.88 Å². The summed E-state index contributed by atoms with van der Waals surface area (Å²) in [6, 6.07) is 1.21. The summed E-state index contributed by atoms with van der Waals surface area (Å²) in [5.41, 5.74) is -0.371. The van der Waals surface area contributed by atoms with E-state index in [1.807, 2.05) is 0 Å². The molecule has 0 amide bonds. The number of halogens is 1. The van der Waals surface area contributed by atoms with E-state index in [9.17, 15) is 14.9 Å². The van der Waals surface area contributed by atoms with Crippen molar-refractivity contribution in [1.29, 1.82) is 0 Å². The maximum atomic E-state index is 11.2. The standard InChI is InChI=1S/C11H13BrN2O6/c1-3-18-9(15)6-20-11-8(14(16)17)5-7(12)10(13-11)19-4-2/h5H,3-4,6H2,1-2H3. The normalized spacial score (nSPS) is 9.95. The van der Waals surface area contributed by atoms with Crippen LogP contribution in [0.15, 0.2) is 10.5 Å². The highest BCUT2D eigenvalue weighted by Gasteiger charge is 2.22. The smallest absolute Gasteiger partial charge is 0.344 e. The second kappa shape index (κ2) is 7.63. The fraction of sp³-hybridized carbons (Fsp3) is 0.455. The summed E-state index contributed by atoms with van der Waals surface area (Å²) >= 11 is 3.12. The van der Waals surface area contributed by atoms with Crippen LogP contribution in [0, 0.1) is 10.1 Å².